The molecule has 0 saturated carbocycles. The Balaban J connectivity index is 2.05. The van der Waals surface area contributed by atoms with Gasteiger partial charge in [0, 0.05) is 12.8 Å². The van der Waals surface area contributed by atoms with Gasteiger partial charge in [0.15, 0.2) is 5.16 Å². The summed E-state index contributed by atoms with van der Waals surface area (Å²) in [5.41, 5.74) is 6.45. The molecule has 2 aromatic rings. The third kappa shape index (κ3) is 2.96. The van der Waals surface area contributed by atoms with Crippen LogP contribution in [0.2, 0.25) is 5.15 Å². The molecule has 2 aromatic heterocycles. The molecule has 0 radical (unpaired) electrons. The lowest BCUT2D eigenvalue weighted by atomic mass is 10.4. The first-order valence-corrected chi connectivity index (χ1v) is 6.39. The molecule has 0 aliphatic heterocycles. The Morgan fingerprint density at radius 1 is 1.41 bits per heavy atom. The lowest BCUT2D eigenvalue weighted by molar-refractivity contribution is 0.734. The summed E-state index contributed by atoms with van der Waals surface area (Å²) in [6.45, 7) is 0.388. The number of halogens is 1. The number of hydrogen-bond acceptors (Lipinski definition) is 5. The summed E-state index contributed by atoms with van der Waals surface area (Å²) < 4.78 is 1.88. The van der Waals surface area contributed by atoms with Crippen LogP contribution in [0, 0.1) is 0 Å². The molecule has 0 unspecified atom stereocenters. The van der Waals surface area contributed by atoms with Crippen molar-refractivity contribution < 1.29 is 0 Å². The zero-order valence-corrected chi connectivity index (χ0v) is 10.9. The van der Waals surface area contributed by atoms with Crippen molar-refractivity contribution in [3.05, 3.63) is 34.9 Å². The molecule has 0 bridgehead atoms. The van der Waals surface area contributed by atoms with E-state index in [-0.39, 0.29) is 0 Å². The average Bonchev–Trinajstić information content (AvgIpc) is 2.67. The molecule has 0 spiro atoms. The van der Waals surface area contributed by atoms with Gasteiger partial charge in [-0.05, 0) is 12.1 Å². The fourth-order valence-corrected chi connectivity index (χ4v) is 2.33. The van der Waals surface area contributed by atoms with Crippen molar-refractivity contribution in [2.45, 2.75) is 17.5 Å². The number of nitrogens with zero attached hydrogens (tertiary/aromatic N) is 4. The van der Waals surface area contributed by atoms with Gasteiger partial charge in [-0.15, -0.1) is 10.2 Å². The van der Waals surface area contributed by atoms with Gasteiger partial charge in [0.05, 0.1) is 12.2 Å². The lowest BCUT2D eigenvalue weighted by Crippen LogP contribution is -2.05. The average molecular weight is 270 g/mol. The number of aromatic nitrogens is 4. The molecule has 2 rings (SSSR count). The van der Waals surface area contributed by atoms with Gasteiger partial charge in [0.2, 0.25) is 0 Å². The quantitative estimate of drug-likeness (QED) is 0.675. The van der Waals surface area contributed by atoms with Gasteiger partial charge in [-0.25, -0.2) is 4.98 Å². The van der Waals surface area contributed by atoms with E-state index in [2.05, 4.69) is 15.2 Å². The van der Waals surface area contributed by atoms with Crippen molar-refractivity contribution >= 4 is 23.4 Å². The van der Waals surface area contributed by atoms with E-state index in [0.717, 1.165) is 16.7 Å². The molecule has 2 N–H and O–H groups in total. The van der Waals surface area contributed by atoms with Crippen LogP contribution in [0.1, 0.15) is 11.5 Å². The van der Waals surface area contributed by atoms with E-state index in [1.807, 2.05) is 23.7 Å². The van der Waals surface area contributed by atoms with E-state index in [9.17, 15) is 0 Å². The number of nitrogens with two attached hydrogens (primary N) is 1. The first kappa shape index (κ1) is 12.3. The molecule has 5 nitrogen and oxygen atoms in total. The van der Waals surface area contributed by atoms with Crippen LogP contribution < -0.4 is 5.73 Å². The van der Waals surface area contributed by atoms with E-state index in [0.29, 0.717) is 17.5 Å². The molecule has 90 valence electrons. The Hall–Kier alpha value is -1.11. The van der Waals surface area contributed by atoms with Gasteiger partial charge >= 0.3 is 0 Å². The van der Waals surface area contributed by atoms with Crippen LogP contribution in [0.15, 0.2) is 23.4 Å². The second kappa shape index (κ2) is 5.48. The highest BCUT2D eigenvalue weighted by atomic mass is 35.5. The van der Waals surface area contributed by atoms with Crippen LogP contribution in [0.4, 0.5) is 0 Å². The van der Waals surface area contributed by atoms with E-state index in [4.69, 9.17) is 17.3 Å². The highest BCUT2D eigenvalue weighted by Gasteiger charge is 2.08. The molecular formula is C10H12ClN5S. The van der Waals surface area contributed by atoms with Crippen LogP contribution >= 0.6 is 23.4 Å². The summed E-state index contributed by atoms with van der Waals surface area (Å²) in [5.74, 6) is 1.48. The second-order valence-electron chi connectivity index (χ2n) is 3.40. The highest BCUT2D eigenvalue weighted by Crippen LogP contribution is 2.20. The second-order valence-corrected chi connectivity index (χ2v) is 4.73. The van der Waals surface area contributed by atoms with Crippen molar-refractivity contribution in [2.24, 2.45) is 12.8 Å². The fraction of sp³-hybridized carbons (Fsp3) is 0.300. The molecule has 0 saturated heterocycles. The minimum absolute atomic E-state index is 0.388. The summed E-state index contributed by atoms with van der Waals surface area (Å²) in [4.78, 5) is 4.21. The Labute approximate surface area is 108 Å². The maximum Gasteiger partial charge on any atom is 0.191 e. The molecular weight excluding hydrogens is 258 g/mol. The number of thioether (sulfide) groups is 1. The SMILES string of the molecule is Cn1c(CN)nnc1SCc1cccc(Cl)n1. The molecule has 0 aliphatic rings. The summed E-state index contributed by atoms with van der Waals surface area (Å²) in [5, 5.41) is 9.37. The lowest BCUT2D eigenvalue weighted by Gasteiger charge is -2.02. The van der Waals surface area contributed by atoms with E-state index in [1.165, 1.54) is 0 Å². The molecule has 0 aliphatic carbocycles. The smallest absolute Gasteiger partial charge is 0.191 e. The van der Waals surface area contributed by atoms with Crippen molar-refractivity contribution in [2.75, 3.05) is 0 Å². The van der Waals surface area contributed by atoms with Crippen molar-refractivity contribution in [3.8, 4) is 0 Å². The Morgan fingerprint density at radius 3 is 2.88 bits per heavy atom. The number of hydrogen-bond donors (Lipinski definition) is 1. The highest BCUT2D eigenvalue weighted by molar-refractivity contribution is 7.98. The molecule has 0 aromatic carbocycles. The van der Waals surface area contributed by atoms with Crippen LogP contribution in [0.3, 0.4) is 0 Å². The fourth-order valence-electron chi connectivity index (χ4n) is 1.32. The summed E-state index contributed by atoms with van der Waals surface area (Å²) in [6, 6.07) is 5.57. The first-order chi connectivity index (χ1) is 8.20. The zero-order chi connectivity index (χ0) is 12.3. The minimum atomic E-state index is 0.388. The van der Waals surface area contributed by atoms with E-state index < -0.39 is 0 Å². The summed E-state index contributed by atoms with van der Waals surface area (Å²) in [6.07, 6.45) is 0. The molecule has 7 heteroatoms. The number of rotatable bonds is 4. The molecule has 17 heavy (non-hydrogen) atoms. The topological polar surface area (TPSA) is 69.6 Å². The van der Waals surface area contributed by atoms with Gasteiger partial charge < -0.3 is 10.3 Å². The van der Waals surface area contributed by atoms with Crippen LogP contribution in [-0.2, 0) is 19.3 Å². The van der Waals surface area contributed by atoms with Gasteiger partial charge in [-0.2, -0.15) is 0 Å². The monoisotopic (exact) mass is 269 g/mol. The largest absolute Gasteiger partial charge is 0.324 e. The van der Waals surface area contributed by atoms with Crippen molar-refractivity contribution in [3.63, 3.8) is 0 Å². The molecule has 0 atom stereocenters. The van der Waals surface area contributed by atoms with Gasteiger partial charge in [-0.3, -0.25) is 0 Å². The normalized spacial score (nSPS) is 10.8. The van der Waals surface area contributed by atoms with Gasteiger partial charge in [0.1, 0.15) is 11.0 Å². The summed E-state index contributed by atoms with van der Waals surface area (Å²) in [7, 11) is 1.90. The Kier molecular flexibility index (Phi) is 3.98. The Morgan fingerprint density at radius 2 is 2.24 bits per heavy atom. The Bertz CT molecular complexity index is 513. The van der Waals surface area contributed by atoms with Crippen LogP contribution in [0.25, 0.3) is 0 Å². The number of pyridine rings is 1. The molecule has 0 fully saturated rings. The van der Waals surface area contributed by atoms with E-state index in [1.54, 1.807) is 17.8 Å². The standard InChI is InChI=1S/C10H12ClN5S/c1-16-9(5-12)14-15-10(16)17-6-7-3-2-4-8(11)13-7/h2-4H,5-6,12H2,1H3. The third-order valence-electron chi connectivity index (χ3n) is 2.23. The van der Waals surface area contributed by atoms with Crippen LogP contribution in [0.5, 0.6) is 0 Å². The molecule has 0 amide bonds. The third-order valence-corrected chi connectivity index (χ3v) is 3.49. The predicted molar refractivity (Wildman–Crippen MR) is 67.7 cm³/mol. The molecule has 2 heterocycles. The van der Waals surface area contributed by atoms with Crippen molar-refractivity contribution in [1.29, 1.82) is 0 Å². The van der Waals surface area contributed by atoms with Gasteiger partial charge in [0.25, 0.3) is 0 Å². The first-order valence-electron chi connectivity index (χ1n) is 5.03. The summed E-state index contributed by atoms with van der Waals surface area (Å²) >= 11 is 7.37. The van der Waals surface area contributed by atoms with Crippen molar-refractivity contribution in [1.82, 2.24) is 19.7 Å². The maximum absolute atomic E-state index is 5.81. The van der Waals surface area contributed by atoms with Crippen LogP contribution in [-0.4, -0.2) is 19.7 Å². The minimum Gasteiger partial charge on any atom is -0.324 e. The van der Waals surface area contributed by atoms with E-state index >= 15 is 0 Å². The maximum atomic E-state index is 5.81. The zero-order valence-electron chi connectivity index (χ0n) is 9.30. The predicted octanol–water partition coefficient (Wildman–Crippen LogP) is 1.61. The van der Waals surface area contributed by atoms with Gasteiger partial charge in [-0.1, -0.05) is 29.4 Å².